The van der Waals surface area contributed by atoms with Gasteiger partial charge in [0.1, 0.15) is 29.2 Å². The van der Waals surface area contributed by atoms with Crippen LogP contribution in [0.5, 0.6) is 11.5 Å². The Morgan fingerprint density at radius 1 is 1.00 bits per heavy atom. The minimum atomic E-state index is -3.95. The molecule has 25 heteroatoms. The van der Waals surface area contributed by atoms with E-state index in [1.165, 1.54) is 17.2 Å². The molecular weight excluding hydrogens is 1010 g/mol. The van der Waals surface area contributed by atoms with Gasteiger partial charge in [0, 0.05) is 22.6 Å². The van der Waals surface area contributed by atoms with Crippen molar-refractivity contribution >= 4 is 55.6 Å². The number of carbonyl (C=O) groups is 1. The first-order valence-electron chi connectivity index (χ1n) is 23.3. The number of fused-ring (bicyclic) bond motifs is 1. The van der Waals surface area contributed by atoms with Crippen molar-refractivity contribution in [2.75, 3.05) is 44.7 Å². The highest BCUT2D eigenvalue weighted by Gasteiger charge is 2.51. The van der Waals surface area contributed by atoms with E-state index in [2.05, 4.69) is 40.9 Å². The van der Waals surface area contributed by atoms with Crippen LogP contribution in [-0.4, -0.2) is 104 Å². The molecule has 8 rings (SSSR count). The Kier molecular flexibility index (Phi) is 17.3. The number of hydrogen-bond donors (Lipinski definition) is 4. The normalized spacial score (nSPS) is 21.9. The average Bonchev–Trinajstić information content (AvgIpc) is 4.08. The minimum Gasteiger partial charge on any atom is -0.497 e. The van der Waals surface area contributed by atoms with Gasteiger partial charge in [-0.2, -0.15) is 10.2 Å². The van der Waals surface area contributed by atoms with Gasteiger partial charge in [-0.1, -0.05) is 73.7 Å². The molecule has 21 nitrogen and oxygen atoms in total. The number of halogens is 1. The van der Waals surface area contributed by atoms with Gasteiger partial charge >= 0.3 is 15.0 Å². The van der Waals surface area contributed by atoms with Gasteiger partial charge < -0.3 is 33.1 Å². The van der Waals surface area contributed by atoms with Crippen LogP contribution in [0.4, 0.5) is 16.2 Å². The minimum absolute atomic E-state index is 0.0398. The molecule has 1 amide bonds. The van der Waals surface area contributed by atoms with E-state index in [0.717, 1.165) is 16.7 Å². The molecule has 4 N–H and O–H groups in total. The van der Waals surface area contributed by atoms with Gasteiger partial charge in [0.15, 0.2) is 23.4 Å². The molecule has 2 aliphatic rings. The number of aromatic nitrogens is 7. The molecule has 2 aliphatic carbocycles. The number of nitrogens with zero attached hydrogens (tertiary/aromatic N) is 7. The zero-order chi connectivity index (χ0) is 51.7. The predicted molar refractivity (Wildman–Crippen MR) is 268 cm³/mol. The summed E-state index contributed by atoms with van der Waals surface area (Å²) in [5, 5.41) is 23.8. The van der Waals surface area contributed by atoms with Crippen molar-refractivity contribution in [1.82, 2.24) is 34.9 Å². The number of amides is 1. The largest absolute Gasteiger partial charge is 0.695 e. The van der Waals surface area contributed by atoms with Crippen molar-refractivity contribution in [3.05, 3.63) is 124 Å². The Bertz CT molecular complexity index is 2950. The molecule has 0 spiro atoms. The maximum Gasteiger partial charge on any atom is 0.695 e. The molecule has 2 fully saturated rings. The fourth-order valence-corrected chi connectivity index (χ4v) is 11.8. The zero-order valence-electron chi connectivity index (χ0n) is 40.1. The van der Waals surface area contributed by atoms with E-state index >= 15 is 4.39 Å². The maximum absolute atomic E-state index is 16.1. The third-order valence-electron chi connectivity index (χ3n) is 12.7. The zero-order valence-corrected chi connectivity index (χ0v) is 42.8. The topological polar surface area (TPSA) is 269 Å². The van der Waals surface area contributed by atoms with Crippen LogP contribution >= 0.6 is 15.0 Å². The lowest BCUT2D eigenvalue weighted by Gasteiger charge is -2.37. The first-order valence-corrected chi connectivity index (χ1v) is 27.0. The maximum atomic E-state index is 16.1. The summed E-state index contributed by atoms with van der Waals surface area (Å²) in [6.07, 6.45) is -0.826. The number of rotatable bonds is 23. The van der Waals surface area contributed by atoms with Crippen LogP contribution in [0.3, 0.4) is 0 Å². The number of nitriles is 1. The monoisotopic (exact) mass is 1060 g/mol. The van der Waals surface area contributed by atoms with Gasteiger partial charge in [0.25, 0.3) is 5.56 Å². The first-order chi connectivity index (χ1) is 35.2. The smallest absolute Gasteiger partial charge is 0.497 e. The van der Waals surface area contributed by atoms with Crippen molar-refractivity contribution < 1.29 is 50.9 Å². The van der Waals surface area contributed by atoms with E-state index in [9.17, 15) is 24.3 Å². The molecular formula is C48H54FN10O11P2S+. The van der Waals surface area contributed by atoms with Crippen LogP contribution in [0.1, 0.15) is 62.3 Å². The highest BCUT2D eigenvalue weighted by molar-refractivity contribution is 8.07. The molecule has 73 heavy (non-hydrogen) atoms. The predicted octanol–water partition coefficient (Wildman–Crippen LogP) is 7.31. The summed E-state index contributed by atoms with van der Waals surface area (Å²) < 4.78 is 72.6. The van der Waals surface area contributed by atoms with Gasteiger partial charge in [-0.05, 0) is 84.0 Å². The molecule has 0 saturated heterocycles. The number of aromatic amines is 1. The van der Waals surface area contributed by atoms with Crippen LogP contribution in [0.2, 0.25) is 0 Å². The molecule has 0 aliphatic heterocycles. The van der Waals surface area contributed by atoms with Crippen LogP contribution < -0.4 is 25.7 Å². The van der Waals surface area contributed by atoms with E-state index < -0.39 is 68.4 Å². The van der Waals surface area contributed by atoms with Gasteiger partial charge in [-0.15, -0.1) is 14.5 Å². The van der Waals surface area contributed by atoms with Crippen LogP contribution in [0, 0.1) is 29.1 Å². The number of hydrogen-bond acceptors (Lipinski definition) is 18. The van der Waals surface area contributed by atoms with Crippen molar-refractivity contribution in [2.24, 2.45) is 17.8 Å². The molecule has 6 aromatic rings. The van der Waals surface area contributed by atoms with Crippen molar-refractivity contribution in [3.8, 4) is 17.6 Å². The fourth-order valence-electron chi connectivity index (χ4n) is 9.13. The highest BCUT2D eigenvalue weighted by atomic mass is 32.5. The summed E-state index contributed by atoms with van der Waals surface area (Å²) in [7, 11) is -0.0457. The molecule has 9 atom stereocenters. The second-order valence-corrected chi connectivity index (χ2v) is 21.4. The van der Waals surface area contributed by atoms with Gasteiger partial charge in [0.2, 0.25) is 11.9 Å². The van der Waals surface area contributed by atoms with Gasteiger partial charge in [-0.25, -0.2) is 19.0 Å². The number of benzene rings is 3. The fraction of sp³-hybridized carbons (Fsp3) is 0.417. The first kappa shape index (κ1) is 53.1. The standard InChI is InChI=1S/C48H53FN10O11P2S/c1-29(2)45(60)55-47-54-44-42(46(61)56-47)57-58-59(44)38-23-30(26-66-48(32-9-6-5-7-10-32,33-11-15-35(64-3)16-12-33)34-13-17-36(65-4)18-14-34)24-39(38)70-72(73,67-22-8-20-50)68-27-31-25-37(41(49)43(31)69-71(62)63)53-40-19-21-51-28-52-40/h5-7,9-19,21,28-31,37-39,41,43H,8,22-27H2,1-4H3,(H3-,51,52,53,54,55,56,58,60,61,62,63)/p+1/t30-,31+,37+,38+,39+,41-,43+,72?/m0/s1. The number of carbonyl (C=O) groups excluding carboxylic acids is 1. The van der Waals surface area contributed by atoms with Crippen molar-refractivity contribution in [1.29, 1.82) is 5.26 Å². The van der Waals surface area contributed by atoms with Gasteiger partial charge in [0.05, 0.1) is 64.7 Å². The number of anilines is 2. The number of methoxy groups -OCH3 is 2. The van der Waals surface area contributed by atoms with E-state index in [0.29, 0.717) is 17.3 Å². The molecule has 3 heterocycles. The number of H-pyrrole nitrogens is 1. The SMILES string of the molecule is COc1ccc(C(OC[C@H]2C[C@@H](n3nnc4c(=O)[nH]c(NC(=O)C(C)C)nc43)[C@H](OP(=S)(OCCC#N)OC[C@H]3C[C@@H](Nc4ccncn4)[C@H](F)[C@@H]3O[P+](=O)O)C2)(c2ccccc2)c2ccc(OC)cc2)cc1. The molecule has 2 saturated carbocycles. The summed E-state index contributed by atoms with van der Waals surface area (Å²) in [5.41, 5.74) is 0.513. The van der Waals surface area contributed by atoms with Crippen LogP contribution in [0.25, 0.3) is 11.2 Å². The second kappa shape index (κ2) is 23.8. The van der Waals surface area contributed by atoms with E-state index in [1.54, 1.807) is 34.1 Å². The number of ether oxygens (including phenoxy) is 3. The Hall–Kier alpha value is -6.18. The average molecular weight is 1060 g/mol. The molecule has 0 bridgehead atoms. The quantitative estimate of drug-likeness (QED) is 0.0278. The highest BCUT2D eigenvalue weighted by Crippen LogP contribution is 2.56. The molecule has 0 radical (unpaired) electrons. The lowest BCUT2D eigenvalue weighted by Crippen LogP contribution is -2.34. The third kappa shape index (κ3) is 12.3. The van der Waals surface area contributed by atoms with E-state index in [4.69, 9.17) is 44.1 Å². The lowest BCUT2D eigenvalue weighted by atomic mass is 9.80. The van der Waals surface area contributed by atoms with Crippen molar-refractivity contribution in [3.63, 3.8) is 0 Å². The molecule has 2 unspecified atom stereocenters. The second-order valence-electron chi connectivity index (χ2n) is 17.7. The summed E-state index contributed by atoms with van der Waals surface area (Å²) in [6.45, 7) is -0.981. The Balaban J connectivity index is 1.16. The lowest BCUT2D eigenvalue weighted by molar-refractivity contribution is -0.118. The van der Waals surface area contributed by atoms with Crippen LogP contribution in [-0.2, 0) is 49.6 Å². The van der Waals surface area contributed by atoms with E-state index in [1.807, 2.05) is 84.9 Å². The summed E-state index contributed by atoms with van der Waals surface area (Å²) in [5.74, 6) is -0.498. The number of nitrogens with one attached hydrogen (secondary N) is 3. The van der Waals surface area contributed by atoms with E-state index in [-0.39, 0.29) is 74.4 Å². The summed E-state index contributed by atoms with van der Waals surface area (Å²) >= 11 is 6.11. The Morgan fingerprint density at radius 2 is 1.68 bits per heavy atom. The molecule has 3 aromatic carbocycles. The van der Waals surface area contributed by atoms with Crippen molar-refractivity contribution in [2.45, 2.75) is 75.6 Å². The van der Waals surface area contributed by atoms with Crippen LogP contribution in [0.15, 0.2) is 102 Å². The molecule has 3 aromatic heterocycles. The Morgan fingerprint density at radius 3 is 2.30 bits per heavy atom. The van der Waals surface area contributed by atoms with Gasteiger partial charge in [-0.3, -0.25) is 19.9 Å². The Labute approximate surface area is 425 Å². The molecule has 384 valence electrons. The number of alkyl halides is 1. The summed E-state index contributed by atoms with van der Waals surface area (Å²) in [6, 6.07) is 26.9. The third-order valence-corrected chi connectivity index (χ3v) is 15.5. The summed E-state index contributed by atoms with van der Waals surface area (Å²) in [4.78, 5) is 51.2.